The van der Waals surface area contributed by atoms with E-state index in [2.05, 4.69) is 9.69 Å². The lowest BCUT2D eigenvalue weighted by Gasteiger charge is -2.16. The fraction of sp³-hybridized carbons (Fsp3) is 0.231. The fourth-order valence-electron chi connectivity index (χ4n) is 1.85. The molecule has 0 amide bonds. The molecule has 7 heteroatoms. The first-order chi connectivity index (χ1) is 9.40. The summed E-state index contributed by atoms with van der Waals surface area (Å²) in [4.78, 5) is 11.2. The van der Waals surface area contributed by atoms with Gasteiger partial charge in [-0.3, -0.25) is 0 Å². The lowest BCUT2D eigenvalue weighted by Crippen LogP contribution is -2.09. The van der Waals surface area contributed by atoms with Gasteiger partial charge in [0, 0.05) is 10.0 Å². The average molecular weight is 331 g/mol. The Labute approximate surface area is 130 Å². The maximum atomic E-state index is 11.2. The summed E-state index contributed by atoms with van der Waals surface area (Å²) in [5.41, 5.74) is 1.55. The van der Waals surface area contributed by atoms with Crippen LogP contribution in [0.25, 0.3) is 0 Å². The van der Waals surface area contributed by atoms with Gasteiger partial charge < -0.3 is 10.4 Å². The number of anilines is 1. The molecule has 1 unspecified atom stereocenters. The molecule has 0 aliphatic heterocycles. The van der Waals surface area contributed by atoms with Crippen LogP contribution in [0.4, 0.5) is 5.00 Å². The van der Waals surface area contributed by atoms with Gasteiger partial charge in [-0.2, -0.15) is 4.37 Å². The van der Waals surface area contributed by atoms with E-state index in [1.165, 1.54) is 0 Å². The minimum atomic E-state index is -0.992. The number of carboxylic acid groups (broad SMARTS) is 1. The number of carbonyl (C=O) groups is 1. The Hall–Kier alpha value is -1.30. The van der Waals surface area contributed by atoms with E-state index in [0.29, 0.717) is 20.7 Å². The Morgan fingerprint density at radius 3 is 2.75 bits per heavy atom. The lowest BCUT2D eigenvalue weighted by molar-refractivity contribution is 0.0697. The Kier molecular flexibility index (Phi) is 4.52. The molecule has 0 radical (unpaired) electrons. The molecule has 1 aromatic carbocycles. The number of rotatable bonds is 4. The van der Waals surface area contributed by atoms with E-state index in [0.717, 1.165) is 17.1 Å². The van der Waals surface area contributed by atoms with E-state index in [1.807, 2.05) is 13.0 Å². The van der Waals surface area contributed by atoms with E-state index in [-0.39, 0.29) is 11.6 Å². The molecular weight excluding hydrogens is 319 g/mol. The van der Waals surface area contributed by atoms with Crippen molar-refractivity contribution in [3.05, 3.63) is 45.1 Å². The van der Waals surface area contributed by atoms with Crippen LogP contribution < -0.4 is 5.32 Å². The number of carboxylic acids is 1. The summed E-state index contributed by atoms with van der Waals surface area (Å²) < 4.78 is 4.07. The number of halogens is 2. The number of aryl methyl sites for hydroxylation is 1. The predicted molar refractivity (Wildman–Crippen MR) is 82.3 cm³/mol. The minimum absolute atomic E-state index is 0.155. The molecule has 106 valence electrons. The van der Waals surface area contributed by atoms with Crippen molar-refractivity contribution in [2.45, 2.75) is 19.9 Å². The molecule has 0 bridgehead atoms. The van der Waals surface area contributed by atoms with Crippen molar-refractivity contribution in [3.8, 4) is 0 Å². The van der Waals surface area contributed by atoms with Gasteiger partial charge in [0.2, 0.25) is 0 Å². The standard InChI is InChI=1S/C13H12Cl2N2O2S/c1-6(9-4-3-8(14)5-10(9)15)16-12-11(13(18)19)7(2)17-20-12/h3-6,16H,1-2H3,(H,18,19). The van der Waals surface area contributed by atoms with Crippen molar-refractivity contribution >= 4 is 45.7 Å². The summed E-state index contributed by atoms with van der Waals surface area (Å²) >= 11 is 13.1. The molecule has 2 N–H and O–H groups in total. The highest BCUT2D eigenvalue weighted by molar-refractivity contribution is 7.10. The Morgan fingerprint density at radius 2 is 2.15 bits per heavy atom. The van der Waals surface area contributed by atoms with Gasteiger partial charge in [-0.25, -0.2) is 4.79 Å². The first-order valence-electron chi connectivity index (χ1n) is 5.81. The third-order valence-electron chi connectivity index (χ3n) is 2.85. The summed E-state index contributed by atoms with van der Waals surface area (Å²) in [6.45, 7) is 3.57. The molecule has 1 heterocycles. The van der Waals surface area contributed by atoms with Gasteiger partial charge in [-0.1, -0.05) is 29.3 Å². The SMILES string of the molecule is Cc1nsc(NC(C)c2ccc(Cl)cc2Cl)c1C(=O)O. The number of nitrogens with one attached hydrogen (secondary N) is 1. The van der Waals surface area contributed by atoms with Crippen LogP contribution in [0.2, 0.25) is 10.0 Å². The predicted octanol–water partition coefficient (Wildman–Crippen LogP) is 4.63. The summed E-state index contributed by atoms with van der Waals surface area (Å²) in [6.07, 6.45) is 0. The molecule has 2 aromatic rings. The fourth-order valence-corrected chi connectivity index (χ4v) is 3.29. The van der Waals surface area contributed by atoms with Gasteiger partial charge in [0.25, 0.3) is 0 Å². The van der Waals surface area contributed by atoms with E-state index in [1.54, 1.807) is 19.1 Å². The third-order valence-corrected chi connectivity index (χ3v) is 4.29. The first kappa shape index (κ1) is 15.1. The first-order valence-corrected chi connectivity index (χ1v) is 7.34. The minimum Gasteiger partial charge on any atom is -0.478 e. The van der Waals surface area contributed by atoms with Crippen LogP contribution >= 0.6 is 34.7 Å². The van der Waals surface area contributed by atoms with Crippen molar-refractivity contribution in [1.29, 1.82) is 0 Å². The number of benzene rings is 1. The van der Waals surface area contributed by atoms with E-state index >= 15 is 0 Å². The van der Waals surface area contributed by atoms with Gasteiger partial charge in [0.05, 0.1) is 11.7 Å². The number of aromatic nitrogens is 1. The van der Waals surface area contributed by atoms with Crippen LogP contribution in [0.3, 0.4) is 0 Å². The maximum absolute atomic E-state index is 11.2. The van der Waals surface area contributed by atoms with E-state index < -0.39 is 5.97 Å². The Morgan fingerprint density at radius 1 is 1.45 bits per heavy atom. The Bertz CT molecular complexity index is 658. The second-order valence-corrected chi connectivity index (χ2v) is 5.93. The zero-order chi connectivity index (χ0) is 14.9. The monoisotopic (exact) mass is 330 g/mol. The molecule has 0 fully saturated rings. The molecule has 4 nitrogen and oxygen atoms in total. The van der Waals surface area contributed by atoms with Crippen LogP contribution in [0.15, 0.2) is 18.2 Å². The molecular formula is C13H12Cl2N2O2S. The highest BCUT2D eigenvalue weighted by atomic mass is 35.5. The maximum Gasteiger partial charge on any atom is 0.340 e. The number of aromatic carboxylic acids is 1. The molecule has 1 aromatic heterocycles. The van der Waals surface area contributed by atoms with Crippen LogP contribution in [0.5, 0.6) is 0 Å². The zero-order valence-electron chi connectivity index (χ0n) is 10.8. The second kappa shape index (κ2) is 5.99. The van der Waals surface area contributed by atoms with Crippen molar-refractivity contribution in [2.75, 3.05) is 5.32 Å². The quantitative estimate of drug-likeness (QED) is 0.857. The normalized spacial score (nSPS) is 12.2. The molecule has 0 aliphatic rings. The molecule has 0 saturated heterocycles. The summed E-state index contributed by atoms with van der Waals surface area (Å²) in [6, 6.07) is 5.07. The summed E-state index contributed by atoms with van der Waals surface area (Å²) in [7, 11) is 0. The highest BCUT2D eigenvalue weighted by Gasteiger charge is 2.20. The van der Waals surface area contributed by atoms with E-state index in [4.69, 9.17) is 23.2 Å². The van der Waals surface area contributed by atoms with Crippen LogP contribution in [0, 0.1) is 6.92 Å². The molecule has 0 spiro atoms. The smallest absolute Gasteiger partial charge is 0.340 e. The largest absolute Gasteiger partial charge is 0.478 e. The second-order valence-electron chi connectivity index (χ2n) is 4.31. The van der Waals surface area contributed by atoms with Gasteiger partial charge >= 0.3 is 5.97 Å². The van der Waals surface area contributed by atoms with Gasteiger partial charge in [-0.15, -0.1) is 0 Å². The number of hydrogen-bond donors (Lipinski definition) is 2. The van der Waals surface area contributed by atoms with E-state index in [9.17, 15) is 9.90 Å². The lowest BCUT2D eigenvalue weighted by atomic mass is 10.1. The summed E-state index contributed by atoms with van der Waals surface area (Å²) in [5, 5.41) is 14.0. The van der Waals surface area contributed by atoms with Crippen molar-refractivity contribution < 1.29 is 9.90 Å². The topological polar surface area (TPSA) is 62.2 Å². The summed E-state index contributed by atoms with van der Waals surface area (Å²) in [5.74, 6) is -0.992. The number of nitrogens with zero attached hydrogens (tertiary/aromatic N) is 1. The van der Waals surface area contributed by atoms with Crippen LogP contribution in [0.1, 0.15) is 34.6 Å². The molecule has 2 rings (SSSR count). The van der Waals surface area contributed by atoms with Crippen LogP contribution in [-0.2, 0) is 0 Å². The molecule has 0 aliphatic carbocycles. The van der Waals surface area contributed by atoms with Crippen LogP contribution in [-0.4, -0.2) is 15.4 Å². The third kappa shape index (κ3) is 3.06. The molecule has 0 saturated carbocycles. The number of hydrogen-bond acceptors (Lipinski definition) is 4. The molecule has 1 atom stereocenters. The molecule has 20 heavy (non-hydrogen) atoms. The van der Waals surface area contributed by atoms with Gasteiger partial charge in [0.1, 0.15) is 10.6 Å². The average Bonchev–Trinajstić information content (AvgIpc) is 2.70. The highest BCUT2D eigenvalue weighted by Crippen LogP contribution is 2.32. The van der Waals surface area contributed by atoms with Gasteiger partial charge in [-0.05, 0) is 43.1 Å². The zero-order valence-corrected chi connectivity index (χ0v) is 13.1. The van der Waals surface area contributed by atoms with Crippen molar-refractivity contribution in [2.24, 2.45) is 0 Å². The Balaban J connectivity index is 2.28. The van der Waals surface area contributed by atoms with Crippen molar-refractivity contribution in [1.82, 2.24) is 4.37 Å². The van der Waals surface area contributed by atoms with Crippen molar-refractivity contribution in [3.63, 3.8) is 0 Å². The van der Waals surface area contributed by atoms with Gasteiger partial charge in [0.15, 0.2) is 0 Å².